The molecule has 0 saturated heterocycles. The third-order valence-electron chi connectivity index (χ3n) is 3.23. The maximum absolute atomic E-state index is 9.20. The van der Waals surface area contributed by atoms with E-state index in [9.17, 15) is 5.11 Å². The van der Waals surface area contributed by atoms with Gasteiger partial charge in [0.25, 0.3) is 0 Å². The summed E-state index contributed by atoms with van der Waals surface area (Å²) in [5.74, 6) is 1.77. The van der Waals surface area contributed by atoms with Gasteiger partial charge in [0, 0.05) is 30.0 Å². The fraction of sp³-hybridized carbons (Fsp3) is 0.750. The summed E-state index contributed by atoms with van der Waals surface area (Å²) < 4.78 is 0. The number of aliphatic hydroxyl groups is 1. The van der Waals surface area contributed by atoms with Crippen LogP contribution >= 0.6 is 0 Å². The largest absolute Gasteiger partial charge is 0.395 e. The van der Waals surface area contributed by atoms with Crippen LogP contribution in [0.2, 0.25) is 0 Å². The highest BCUT2D eigenvalue weighted by Crippen LogP contribution is 2.27. The Morgan fingerprint density at radius 3 is 2.05 bits per heavy atom. The normalized spacial score (nSPS) is 12.6. The van der Waals surface area contributed by atoms with Gasteiger partial charge in [-0.25, -0.2) is 9.97 Å². The average Bonchev–Trinajstić information content (AvgIpc) is 2.33. The van der Waals surface area contributed by atoms with Crippen LogP contribution in [0, 0.1) is 0 Å². The van der Waals surface area contributed by atoms with Crippen LogP contribution in [0.3, 0.4) is 0 Å². The van der Waals surface area contributed by atoms with Crippen molar-refractivity contribution in [1.82, 2.24) is 9.97 Å². The number of hydrogen-bond acceptors (Lipinski definition) is 4. The monoisotopic (exact) mass is 279 g/mol. The van der Waals surface area contributed by atoms with Gasteiger partial charge in [0.2, 0.25) is 0 Å². The van der Waals surface area contributed by atoms with E-state index in [1.165, 1.54) is 0 Å². The Bertz CT molecular complexity index is 412. The molecule has 0 radical (unpaired) electrons. The van der Waals surface area contributed by atoms with E-state index in [0.29, 0.717) is 6.54 Å². The van der Waals surface area contributed by atoms with Gasteiger partial charge < -0.3 is 10.0 Å². The molecule has 0 unspecified atom stereocenters. The molecule has 0 saturated carbocycles. The highest BCUT2D eigenvalue weighted by Gasteiger charge is 2.24. The van der Waals surface area contributed by atoms with E-state index in [0.717, 1.165) is 23.9 Å². The van der Waals surface area contributed by atoms with Crippen molar-refractivity contribution < 1.29 is 5.11 Å². The highest BCUT2D eigenvalue weighted by atomic mass is 16.3. The summed E-state index contributed by atoms with van der Waals surface area (Å²) in [6.45, 7) is 16.5. The van der Waals surface area contributed by atoms with Crippen molar-refractivity contribution in [2.45, 2.75) is 59.3 Å². The molecule has 1 rings (SSSR count). The molecular formula is C16H29N3O. The smallest absolute Gasteiger partial charge is 0.136 e. The summed E-state index contributed by atoms with van der Waals surface area (Å²) in [6, 6.07) is 2.05. The summed E-state index contributed by atoms with van der Waals surface area (Å²) >= 11 is 0. The van der Waals surface area contributed by atoms with Crippen LogP contribution in [0.4, 0.5) is 5.82 Å². The molecule has 1 heterocycles. The predicted molar refractivity (Wildman–Crippen MR) is 84.4 cm³/mol. The molecule has 20 heavy (non-hydrogen) atoms. The minimum absolute atomic E-state index is 0.0175. The van der Waals surface area contributed by atoms with Gasteiger partial charge in [-0.1, -0.05) is 41.5 Å². The zero-order valence-electron chi connectivity index (χ0n) is 14.0. The fourth-order valence-corrected chi connectivity index (χ4v) is 1.87. The third-order valence-corrected chi connectivity index (χ3v) is 3.23. The molecular weight excluding hydrogens is 250 g/mol. The summed E-state index contributed by atoms with van der Waals surface area (Å²) in [4.78, 5) is 11.6. The maximum atomic E-state index is 9.20. The second-order valence-corrected chi connectivity index (χ2v) is 7.24. The molecule has 0 fully saturated rings. The Hall–Kier alpha value is -1.16. The minimum Gasteiger partial charge on any atom is -0.395 e. The number of likely N-dealkylation sites (N-methyl/N-ethyl adjacent to an activating group) is 1. The van der Waals surface area contributed by atoms with E-state index >= 15 is 0 Å². The summed E-state index contributed by atoms with van der Waals surface area (Å²) in [5, 5.41) is 9.20. The molecule has 1 N–H and O–H groups in total. The van der Waals surface area contributed by atoms with Crippen LogP contribution < -0.4 is 4.90 Å². The quantitative estimate of drug-likeness (QED) is 0.920. The Morgan fingerprint density at radius 2 is 1.65 bits per heavy atom. The molecule has 0 aliphatic carbocycles. The number of anilines is 1. The summed E-state index contributed by atoms with van der Waals surface area (Å²) in [7, 11) is 0. The highest BCUT2D eigenvalue weighted by molar-refractivity contribution is 5.42. The average molecular weight is 279 g/mol. The lowest BCUT2D eigenvalue weighted by molar-refractivity contribution is 0.302. The van der Waals surface area contributed by atoms with Gasteiger partial charge in [-0.2, -0.15) is 0 Å². The molecule has 114 valence electrons. The van der Waals surface area contributed by atoms with E-state index in [1.54, 1.807) is 0 Å². The molecule has 4 heteroatoms. The zero-order valence-corrected chi connectivity index (χ0v) is 14.0. The van der Waals surface area contributed by atoms with Crippen molar-refractivity contribution in [3.63, 3.8) is 0 Å². The van der Waals surface area contributed by atoms with Crippen molar-refractivity contribution in [2.24, 2.45) is 0 Å². The minimum atomic E-state index is -0.0887. The van der Waals surface area contributed by atoms with Crippen LogP contribution in [0.15, 0.2) is 6.07 Å². The van der Waals surface area contributed by atoms with Gasteiger partial charge in [-0.15, -0.1) is 0 Å². The standard InChI is InChI=1S/C16H29N3O/c1-8-19(9-10-20)13-11-12(15(2,3)4)17-14(18-13)16(5,6)7/h11,20H,8-10H2,1-7H3. The first kappa shape index (κ1) is 16.9. The third kappa shape index (κ3) is 4.17. The number of nitrogens with zero attached hydrogens (tertiary/aromatic N) is 3. The zero-order chi connectivity index (χ0) is 15.6. The lowest BCUT2D eigenvalue weighted by Crippen LogP contribution is -2.30. The van der Waals surface area contributed by atoms with Crippen LogP contribution in [-0.4, -0.2) is 34.8 Å². The summed E-state index contributed by atoms with van der Waals surface area (Å²) in [6.07, 6.45) is 0. The second kappa shape index (κ2) is 6.08. The van der Waals surface area contributed by atoms with Crippen LogP contribution in [0.5, 0.6) is 0 Å². The SMILES string of the molecule is CCN(CCO)c1cc(C(C)(C)C)nc(C(C)(C)C)n1. The summed E-state index contributed by atoms with van der Waals surface area (Å²) in [5.41, 5.74) is 0.939. The van der Waals surface area contributed by atoms with Crippen molar-refractivity contribution in [1.29, 1.82) is 0 Å². The van der Waals surface area contributed by atoms with E-state index in [1.807, 2.05) is 0 Å². The fourth-order valence-electron chi connectivity index (χ4n) is 1.87. The molecule has 0 aromatic carbocycles. The first-order valence-corrected chi connectivity index (χ1v) is 7.35. The van der Waals surface area contributed by atoms with Gasteiger partial charge in [-0.05, 0) is 6.92 Å². The van der Waals surface area contributed by atoms with Crippen molar-refractivity contribution in [3.05, 3.63) is 17.6 Å². The van der Waals surface area contributed by atoms with Gasteiger partial charge in [0.1, 0.15) is 11.6 Å². The number of aliphatic hydroxyl groups excluding tert-OH is 1. The van der Waals surface area contributed by atoms with Crippen LogP contribution in [0.1, 0.15) is 60.0 Å². The first-order valence-electron chi connectivity index (χ1n) is 7.35. The topological polar surface area (TPSA) is 49.2 Å². The molecule has 1 aromatic rings. The van der Waals surface area contributed by atoms with Crippen LogP contribution in [-0.2, 0) is 10.8 Å². The molecule has 4 nitrogen and oxygen atoms in total. The molecule has 0 atom stereocenters. The predicted octanol–water partition coefficient (Wildman–Crippen LogP) is 2.89. The maximum Gasteiger partial charge on any atom is 0.136 e. The van der Waals surface area contributed by atoms with Gasteiger partial charge >= 0.3 is 0 Å². The lowest BCUT2D eigenvalue weighted by atomic mass is 9.90. The van der Waals surface area contributed by atoms with Crippen molar-refractivity contribution in [3.8, 4) is 0 Å². The van der Waals surface area contributed by atoms with Crippen molar-refractivity contribution >= 4 is 5.82 Å². The van der Waals surface area contributed by atoms with Gasteiger partial charge in [0.05, 0.1) is 12.3 Å². The first-order chi connectivity index (χ1) is 9.09. The Morgan fingerprint density at radius 1 is 1.05 bits per heavy atom. The second-order valence-electron chi connectivity index (χ2n) is 7.24. The van der Waals surface area contributed by atoms with Gasteiger partial charge in [0.15, 0.2) is 0 Å². The lowest BCUT2D eigenvalue weighted by Gasteiger charge is -2.27. The van der Waals surface area contributed by atoms with Crippen molar-refractivity contribution in [2.75, 3.05) is 24.6 Å². The molecule has 0 aliphatic rings. The molecule has 0 amide bonds. The Balaban J connectivity index is 3.37. The number of aromatic nitrogens is 2. The molecule has 1 aromatic heterocycles. The van der Waals surface area contributed by atoms with E-state index < -0.39 is 0 Å². The van der Waals surface area contributed by atoms with Gasteiger partial charge in [-0.3, -0.25) is 0 Å². The Labute approximate surface area is 123 Å². The van der Waals surface area contributed by atoms with E-state index in [2.05, 4.69) is 59.4 Å². The number of rotatable bonds is 4. The molecule has 0 aliphatic heterocycles. The molecule has 0 spiro atoms. The van der Waals surface area contributed by atoms with E-state index in [4.69, 9.17) is 9.97 Å². The van der Waals surface area contributed by atoms with Crippen LogP contribution in [0.25, 0.3) is 0 Å². The Kier molecular flexibility index (Phi) is 5.14. The number of hydrogen-bond donors (Lipinski definition) is 1. The van der Waals surface area contributed by atoms with E-state index in [-0.39, 0.29) is 17.4 Å². The molecule has 0 bridgehead atoms.